The number of thioether (sulfide) groups is 1. The van der Waals surface area contributed by atoms with Gasteiger partial charge in [0.1, 0.15) is 28.5 Å². The number of hydrogen-bond acceptors (Lipinski definition) is 9. The van der Waals surface area contributed by atoms with E-state index in [1.807, 2.05) is 0 Å². The molecular formula is C24H27F2N7O3S. The van der Waals surface area contributed by atoms with Gasteiger partial charge in [0.05, 0.1) is 19.2 Å². The third-order valence-electron chi connectivity index (χ3n) is 6.18. The lowest BCUT2D eigenvalue weighted by molar-refractivity contribution is -0.118. The lowest BCUT2D eigenvalue weighted by Crippen LogP contribution is -2.48. The number of hydrogen-bond donors (Lipinski definition) is 5. The monoisotopic (exact) mass is 531 g/mol. The zero-order valence-electron chi connectivity index (χ0n) is 20.0. The van der Waals surface area contributed by atoms with Crippen LogP contribution in [0.25, 0.3) is 5.57 Å². The molecule has 1 saturated carbocycles. The van der Waals surface area contributed by atoms with Gasteiger partial charge in [-0.3, -0.25) is 14.5 Å². The van der Waals surface area contributed by atoms with Gasteiger partial charge < -0.3 is 20.7 Å². The van der Waals surface area contributed by atoms with Gasteiger partial charge in [0.2, 0.25) is 5.91 Å². The molecule has 4 aliphatic rings. The lowest BCUT2D eigenvalue weighted by atomic mass is 9.95. The standard InChI is InChI=1S/C24H27F2N7O3S/c1-36-18-11-28-17(22(25)26)8-15(18)14-9-19(33-7-6-27-12-21(33)34)29-10-16(14)23(35)30-24-32-31-20(37-24)5-4-13-2-3-13/h8-11,13,17,20,22,24,27-28,31-32H,2-3,6-7,12H2,1H3,(H,30,35). The van der Waals surface area contributed by atoms with E-state index in [0.717, 1.165) is 12.8 Å². The van der Waals surface area contributed by atoms with E-state index in [4.69, 9.17) is 4.74 Å². The molecule has 1 aliphatic carbocycles. The number of pyridine rings is 1. The van der Waals surface area contributed by atoms with Crippen molar-refractivity contribution in [3.05, 3.63) is 41.4 Å². The maximum atomic E-state index is 13.6. The third-order valence-corrected chi connectivity index (χ3v) is 7.19. The average molecular weight is 532 g/mol. The van der Waals surface area contributed by atoms with Crippen LogP contribution < -0.4 is 31.7 Å². The van der Waals surface area contributed by atoms with E-state index in [9.17, 15) is 18.4 Å². The van der Waals surface area contributed by atoms with Crippen molar-refractivity contribution in [2.45, 2.75) is 36.2 Å². The summed E-state index contributed by atoms with van der Waals surface area (Å²) in [6.45, 7) is 1.13. The number of piperazine rings is 1. The van der Waals surface area contributed by atoms with Gasteiger partial charge in [-0.1, -0.05) is 23.6 Å². The molecule has 3 aliphatic heterocycles. The van der Waals surface area contributed by atoms with Crippen molar-refractivity contribution in [2.24, 2.45) is 5.92 Å². The Morgan fingerprint density at radius 1 is 1.32 bits per heavy atom. The van der Waals surface area contributed by atoms with E-state index in [1.165, 1.54) is 42.2 Å². The van der Waals surface area contributed by atoms with Crippen molar-refractivity contribution in [1.29, 1.82) is 0 Å². The number of hydrazine groups is 1. The molecule has 3 unspecified atom stereocenters. The first-order chi connectivity index (χ1) is 17.9. The highest BCUT2D eigenvalue weighted by Gasteiger charge is 2.31. The van der Waals surface area contributed by atoms with Crippen LogP contribution in [0.4, 0.5) is 14.6 Å². The molecule has 196 valence electrons. The van der Waals surface area contributed by atoms with Gasteiger partial charge in [0, 0.05) is 42.5 Å². The number of dihydropyridines is 1. The molecule has 2 amide bonds. The van der Waals surface area contributed by atoms with Crippen LogP contribution in [0.3, 0.4) is 0 Å². The maximum absolute atomic E-state index is 13.6. The second-order valence-corrected chi connectivity index (χ2v) is 10.1. The molecule has 3 atom stereocenters. The van der Waals surface area contributed by atoms with E-state index in [1.54, 1.807) is 6.07 Å². The van der Waals surface area contributed by atoms with E-state index in [-0.39, 0.29) is 29.1 Å². The molecule has 13 heteroatoms. The van der Waals surface area contributed by atoms with E-state index >= 15 is 0 Å². The Kier molecular flexibility index (Phi) is 7.61. The van der Waals surface area contributed by atoms with Crippen molar-refractivity contribution in [2.75, 3.05) is 31.6 Å². The highest BCUT2D eigenvalue weighted by atomic mass is 32.2. The van der Waals surface area contributed by atoms with Crippen LogP contribution in [0.1, 0.15) is 28.8 Å². The smallest absolute Gasteiger partial charge is 0.261 e. The summed E-state index contributed by atoms with van der Waals surface area (Å²) in [5.41, 5.74) is 6.37. The highest BCUT2D eigenvalue weighted by molar-refractivity contribution is 8.00. The molecule has 1 aromatic rings. The molecule has 5 N–H and O–H groups in total. The molecule has 0 spiro atoms. The second-order valence-electron chi connectivity index (χ2n) is 8.85. The summed E-state index contributed by atoms with van der Waals surface area (Å²) in [4.78, 5) is 31.8. The number of carbonyl (C=O) groups excluding carboxylic acids is 2. The van der Waals surface area contributed by atoms with Gasteiger partial charge in [-0.05, 0) is 25.0 Å². The molecule has 0 aromatic carbocycles. The minimum absolute atomic E-state index is 0.158. The molecule has 37 heavy (non-hydrogen) atoms. The fraction of sp³-hybridized carbons (Fsp3) is 0.458. The normalized spacial score (nSPS) is 25.6. The number of anilines is 1. The molecule has 0 radical (unpaired) electrons. The number of carbonyl (C=O) groups is 2. The van der Waals surface area contributed by atoms with Crippen LogP contribution in [0.5, 0.6) is 0 Å². The van der Waals surface area contributed by atoms with Gasteiger partial charge in [0.15, 0.2) is 0 Å². The number of rotatable bonds is 6. The number of allylic oxidation sites excluding steroid dienone is 1. The summed E-state index contributed by atoms with van der Waals surface area (Å²) < 4.78 is 32.6. The number of nitrogens with zero attached hydrogens (tertiary/aromatic N) is 2. The maximum Gasteiger partial charge on any atom is 0.261 e. The van der Waals surface area contributed by atoms with Crippen LogP contribution >= 0.6 is 11.8 Å². The number of nitrogens with one attached hydrogen (secondary N) is 5. The van der Waals surface area contributed by atoms with E-state index < -0.39 is 23.9 Å². The number of methoxy groups -OCH3 is 1. The summed E-state index contributed by atoms with van der Waals surface area (Å²) in [5.74, 6) is 6.77. The zero-order chi connectivity index (χ0) is 25.9. The minimum Gasteiger partial charge on any atom is -0.495 e. The highest BCUT2D eigenvalue weighted by Crippen LogP contribution is 2.33. The van der Waals surface area contributed by atoms with E-state index in [2.05, 4.69) is 43.6 Å². The first-order valence-corrected chi connectivity index (χ1v) is 12.9. The number of ether oxygens (including phenoxy) is 1. The summed E-state index contributed by atoms with van der Waals surface area (Å²) >= 11 is 1.41. The Morgan fingerprint density at radius 3 is 2.89 bits per heavy atom. The van der Waals surface area contributed by atoms with Gasteiger partial charge in [0.25, 0.3) is 12.3 Å². The fourth-order valence-electron chi connectivity index (χ4n) is 4.05. The van der Waals surface area contributed by atoms with Gasteiger partial charge >= 0.3 is 0 Å². The fourth-order valence-corrected chi connectivity index (χ4v) is 4.91. The topological polar surface area (TPSA) is 120 Å². The molecule has 0 bridgehead atoms. The van der Waals surface area contributed by atoms with Crippen LogP contribution in [0, 0.1) is 17.8 Å². The molecule has 1 aromatic heterocycles. The summed E-state index contributed by atoms with van der Waals surface area (Å²) in [6.07, 6.45) is 3.60. The largest absolute Gasteiger partial charge is 0.495 e. The van der Waals surface area contributed by atoms with Crippen molar-refractivity contribution >= 4 is 35.0 Å². The first kappa shape index (κ1) is 25.5. The Balaban J connectivity index is 1.44. The van der Waals surface area contributed by atoms with Gasteiger partial charge in [-0.25, -0.2) is 24.6 Å². The molecule has 5 rings (SSSR count). The number of aromatic nitrogens is 1. The molecule has 2 saturated heterocycles. The predicted molar refractivity (Wildman–Crippen MR) is 135 cm³/mol. The SMILES string of the molecule is COC1=CNC(C(F)F)C=C1c1cc(N2CCNCC2=O)ncc1C(=O)NC1NNC(C#CC2CC2)S1. The quantitative estimate of drug-likeness (QED) is 0.338. The molecular weight excluding hydrogens is 504 g/mol. The van der Waals surface area contributed by atoms with Crippen LogP contribution in [-0.2, 0) is 9.53 Å². The van der Waals surface area contributed by atoms with Crippen molar-refractivity contribution < 1.29 is 23.1 Å². The van der Waals surface area contributed by atoms with Crippen molar-refractivity contribution in [1.82, 2.24) is 31.8 Å². The van der Waals surface area contributed by atoms with Crippen molar-refractivity contribution in [3.63, 3.8) is 0 Å². The van der Waals surface area contributed by atoms with Crippen LogP contribution in [0.2, 0.25) is 0 Å². The second kappa shape index (κ2) is 11.1. The predicted octanol–water partition coefficient (Wildman–Crippen LogP) is 0.720. The van der Waals surface area contributed by atoms with Gasteiger partial charge in [-0.2, -0.15) is 0 Å². The van der Waals surface area contributed by atoms with Crippen LogP contribution in [-0.4, -0.2) is 66.9 Å². The number of amides is 2. The number of halogens is 2. The van der Waals surface area contributed by atoms with Crippen LogP contribution in [0.15, 0.2) is 30.3 Å². The average Bonchev–Trinajstić information content (AvgIpc) is 3.64. The Bertz CT molecular complexity index is 1190. The summed E-state index contributed by atoms with van der Waals surface area (Å²) in [7, 11) is 1.42. The molecule has 3 fully saturated rings. The minimum atomic E-state index is -2.68. The zero-order valence-corrected chi connectivity index (χ0v) is 20.8. The van der Waals surface area contributed by atoms with Gasteiger partial charge in [-0.15, -0.1) is 0 Å². The molecule has 4 heterocycles. The lowest BCUT2D eigenvalue weighted by Gasteiger charge is -2.28. The Hall–Kier alpha value is -3.18. The van der Waals surface area contributed by atoms with Crippen molar-refractivity contribution in [3.8, 4) is 11.8 Å². The van der Waals surface area contributed by atoms with E-state index in [0.29, 0.717) is 36.0 Å². The summed E-state index contributed by atoms with van der Waals surface area (Å²) in [5, 5.41) is 8.31. The third kappa shape index (κ3) is 5.88. The Labute approximate surface area is 217 Å². The molecule has 10 nitrogen and oxygen atoms in total. The Morgan fingerprint density at radius 2 is 2.16 bits per heavy atom. The number of alkyl halides is 2. The summed E-state index contributed by atoms with van der Waals surface area (Å²) in [6, 6.07) is 0.298. The first-order valence-electron chi connectivity index (χ1n) is 11.9.